The number of benzene rings is 2. The molecule has 5 rings (SSSR count). The first kappa shape index (κ1) is 19.9. The molecule has 0 radical (unpaired) electrons. The molecular weight excluding hydrogens is 408 g/mol. The summed E-state index contributed by atoms with van der Waals surface area (Å²) in [7, 11) is 0. The molecular formula is C23H22N6O3. The van der Waals surface area contributed by atoms with Crippen LogP contribution in [0, 0.1) is 11.3 Å². The van der Waals surface area contributed by atoms with Gasteiger partial charge < -0.3 is 19.4 Å². The Bertz CT molecular complexity index is 1200. The van der Waals surface area contributed by atoms with E-state index in [1.165, 1.54) is 0 Å². The Balaban J connectivity index is 1.47. The number of amides is 2. The molecule has 2 aromatic carbocycles. The van der Waals surface area contributed by atoms with E-state index in [-0.39, 0.29) is 19.4 Å². The lowest BCUT2D eigenvalue weighted by Gasteiger charge is -2.23. The van der Waals surface area contributed by atoms with Gasteiger partial charge in [0.15, 0.2) is 17.3 Å². The molecule has 0 spiro atoms. The first-order valence-corrected chi connectivity index (χ1v) is 10.6. The summed E-state index contributed by atoms with van der Waals surface area (Å²) in [6, 6.07) is 14.0. The summed E-state index contributed by atoms with van der Waals surface area (Å²) in [6.07, 6.45) is 4.21. The van der Waals surface area contributed by atoms with E-state index >= 15 is 0 Å². The van der Waals surface area contributed by atoms with Crippen molar-refractivity contribution in [2.75, 3.05) is 17.0 Å². The minimum atomic E-state index is -0.343. The summed E-state index contributed by atoms with van der Waals surface area (Å²) in [5.41, 5.74) is 1.66. The molecule has 3 aromatic rings. The van der Waals surface area contributed by atoms with Crippen LogP contribution in [0.4, 0.5) is 16.2 Å². The van der Waals surface area contributed by atoms with Crippen LogP contribution in [0.25, 0.3) is 0 Å². The number of hydrogen-bond donors (Lipinski definition) is 1. The Morgan fingerprint density at radius 1 is 1.12 bits per heavy atom. The van der Waals surface area contributed by atoms with Crippen LogP contribution in [0.15, 0.2) is 42.5 Å². The molecule has 9 heteroatoms. The smallest absolute Gasteiger partial charge is 0.326 e. The normalized spacial score (nSPS) is 14.2. The fraction of sp³-hybridized carbons (Fsp3) is 0.304. The van der Waals surface area contributed by atoms with Crippen LogP contribution in [0.5, 0.6) is 11.5 Å². The zero-order chi connectivity index (χ0) is 21.9. The average Bonchev–Trinajstić information content (AvgIpc) is 3.36. The zero-order valence-corrected chi connectivity index (χ0v) is 17.5. The van der Waals surface area contributed by atoms with Crippen molar-refractivity contribution < 1.29 is 14.3 Å². The fourth-order valence-electron chi connectivity index (χ4n) is 3.99. The third-order valence-electron chi connectivity index (χ3n) is 5.64. The van der Waals surface area contributed by atoms with Crippen molar-refractivity contribution in [2.24, 2.45) is 0 Å². The lowest BCUT2D eigenvalue weighted by atomic mass is 10.2. The molecule has 32 heavy (non-hydrogen) atoms. The van der Waals surface area contributed by atoms with Crippen LogP contribution in [0.1, 0.15) is 36.5 Å². The average molecular weight is 430 g/mol. The van der Waals surface area contributed by atoms with Crippen LogP contribution >= 0.6 is 0 Å². The molecule has 0 atom stereocenters. The first-order valence-electron chi connectivity index (χ1n) is 10.6. The van der Waals surface area contributed by atoms with Gasteiger partial charge in [0.2, 0.25) is 6.79 Å². The van der Waals surface area contributed by atoms with Gasteiger partial charge in [-0.2, -0.15) is 5.26 Å². The van der Waals surface area contributed by atoms with E-state index in [1.807, 2.05) is 6.07 Å². The number of aryl methyl sites for hydroxylation is 1. The molecule has 0 saturated carbocycles. The summed E-state index contributed by atoms with van der Waals surface area (Å²) < 4.78 is 13.0. The maximum Gasteiger partial charge on any atom is 0.326 e. The van der Waals surface area contributed by atoms with Crippen molar-refractivity contribution in [1.29, 1.82) is 5.26 Å². The van der Waals surface area contributed by atoms with Gasteiger partial charge in [0.1, 0.15) is 5.82 Å². The van der Waals surface area contributed by atoms with Gasteiger partial charge in [0.25, 0.3) is 0 Å². The molecule has 162 valence electrons. The number of nitriles is 1. The number of carbonyl (C=O) groups is 1. The molecule has 2 amide bonds. The maximum atomic E-state index is 13.4. The number of nitrogens with one attached hydrogen (secondary N) is 1. The zero-order valence-electron chi connectivity index (χ0n) is 17.5. The number of nitrogens with zero attached hydrogens (tertiary/aromatic N) is 5. The Kier molecular flexibility index (Phi) is 5.34. The number of carbonyl (C=O) groups excluding carboxylic acids is 1. The lowest BCUT2D eigenvalue weighted by molar-refractivity contribution is 0.174. The molecule has 9 nitrogen and oxygen atoms in total. The summed E-state index contributed by atoms with van der Waals surface area (Å²) in [5, 5.41) is 20.8. The van der Waals surface area contributed by atoms with E-state index < -0.39 is 0 Å². The molecule has 0 aliphatic carbocycles. The van der Waals surface area contributed by atoms with Crippen molar-refractivity contribution >= 4 is 17.4 Å². The molecule has 0 bridgehead atoms. The molecule has 2 aliphatic rings. The summed E-state index contributed by atoms with van der Waals surface area (Å²) in [4.78, 5) is 15.0. The van der Waals surface area contributed by atoms with Crippen LogP contribution < -0.4 is 19.7 Å². The topological polar surface area (TPSA) is 105 Å². The quantitative estimate of drug-likeness (QED) is 0.674. The van der Waals surface area contributed by atoms with Crippen molar-refractivity contribution in [2.45, 2.75) is 38.8 Å². The highest BCUT2D eigenvalue weighted by molar-refractivity contribution is 6.01. The van der Waals surface area contributed by atoms with Crippen LogP contribution in [-0.4, -0.2) is 27.6 Å². The number of aromatic nitrogens is 3. The Morgan fingerprint density at radius 3 is 2.94 bits per heavy atom. The number of ether oxygens (including phenoxy) is 2. The second-order valence-electron chi connectivity index (χ2n) is 7.74. The van der Waals surface area contributed by atoms with Gasteiger partial charge in [-0.25, -0.2) is 4.79 Å². The molecule has 3 heterocycles. The largest absolute Gasteiger partial charge is 0.454 e. The van der Waals surface area contributed by atoms with Crippen LogP contribution in [0.2, 0.25) is 0 Å². The van der Waals surface area contributed by atoms with Crippen molar-refractivity contribution in [3.63, 3.8) is 0 Å². The molecule has 2 aliphatic heterocycles. The molecule has 1 aromatic heterocycles. The molecule has 1 N–H and O–H groups in total. The monoisotopic (exact) mass is 430 g/mol. The van der Waals surface area contributed by atoms with E-state index in [4.69, 9.17) is 14.7 Å². The Hall–Kier alpha value is -4.06. The minimum Gasteiger partial charge on any atom is -0.454 e. The van der Waals surface area contributed by atoms with Gasteiger partial charge in [0, 0.05) is 30.4 Å². The van der Waals surface area contributed by atoms with E-state index in [2.05, 4.69) is 26.2 Å². The fourth-order valence-corrected chi connectivity index (χ4v) is 3.99. The summed E-state index contributed by atoms with van der Waals surface area (Å²) in [6.45, 7) is 1.25. The SMILES string of the molecule is N#Cc1cccc(NC(=O)N(Cc2nnc3n2CCCCC3)c2ccc3c(c2)OCO3)c1. The second kappa shape index (κ2) is 8.59. The third-order valence-corrected chi connectivity index (χ3v) is 5.64. The lowest BCUT2D eigenvalue weighted by Crippen LogP contribution is -2.35. The number of fused-ring (bicyclic) bond motifs is 2. The third kappa shape index (κ3) is 3.95. The first-order chi connectivity index (χ1) is 15.7. The van der Waals surface area contributed by atoms with Gasteiger partial charge in [-0.1, -0.05) is 12.5 Å². The highest BCUT2D eigenvalue weighted by Gasteiger charge is 2.24. The summed E-state index contributed by atoms with van der Waals surface area (Å²) in [5.74, 6) is 2.93. The minimum absolute atomic E-state index is 0.156. The van der Waals surface area contributed by atoms with Crippen LogP contribution in [-0.2, 0) is 19.5 Å². The number of urea groups is 1. The van der Waals surface area contributed by atoms with Crippen molar-refractivity contribution in [3.8, 4) is 17.6 Å². The predicted molar refractivity (Wildman–Crippen MR) is 117 cm³/mol. The molecule has 0 saturated heterocycles. The van der Waals surface area contributed by atoms with E-state index in [1.54, 1.807) is 41.3 Å². The van der Waals surface area contributed by atoms with Gasteiger partial charge in [-0.15, -0.1) is 10.2 Å². The Labute approximate surface area is 185 Å². The Morgan fingerprint density at radius 2 is 2.03 bits per heavy atom. The standard InChI is InChI=1S/C23H22N6O3/c24-13-16-5-4-6-17(11-16)25-23(30)29(18-8-9-19-20(12-18)32-15-31-19)14-22-27-26-21-7-2-1-3-10-28(21)22/h4-6,8-9,11-12H,1-3,7,10,14-15H2,(H,25,30). The number of hydrogen-bond acceptors (Lipinski definition) is 6. The predicted octanol–water partition coefficient (Wildman–Crippen LogP) is 3.84. The molecule has 0 fully saturated rings. The van der Waals surface area contributed by atoms with E-state index in [0.717, 1.165) is 43.9 Å². The number of rotatable bonds is 4. The highest BCUT2D eigenvalue weighted by atomic mass is 16.7. The van der Waals surface area contributed by atoms with Crippen molar-refractivity contribution in [3.05, 3.63) is 59.7 Å². The highest BCUT2D eigenvalue weighted by Crippen LogP contribution is 2.36. The van der Waals surface area contributed by atoms with Gasteiger partial charge >= 0.3 is 6.03 Å². The van der Waals surface area contributed by atoms with Gasteiger partial charge in [-0.3, -0.25) is 4.90 Å². The maximum absolute atomic E-state index is 13.4. The van der Waals surface area contributed by atoms with Crippen molar-refractivity contribution in [1.82, 2.24) is 14.8 Å². The van der Waals surface area contributed by atoms with E-state index in [9.17, 15) is 4.79 Å². The molecule has 0 unspecified atom stereocenters. The number of anilines is 2. The second-order valence-corrected chi connectivity index (χ2v) is 7.74. The summed E-state index contributed by atoms with van der Waals surface area (Å²) >= 11 is 0. The van der Waals surface area contributed by atoms with Gasteiger partial charge in [0.05, 0.1) is 18.2 Å². The van der Waals surface area contributed by atoms with Gasteiger partial charge in [-0.05, 0) is 43.2 Å². The van der Waals surface area contributed by atoms with Crippen LogP contribution in [0.3, 0.4) is 0 Å². The van der Waals surface area contributed by atoms with E-state index in [0.29, 0.717) is 28.4 Å².